The van der Waals surface area contributed by atoms with Gasteiger partial charge in [0, 0.05) is 18.5 Å². The Bertz CT molecular complexity index is 745. The quantitative estimate of drug-likeness (QED) is 0.876. The summed E-state index contributed by atoms with van der Waals surface area (Å²) in [6.45, 7) is 8.89. The molecule has 1 N–H and O–H groups in total. The maximum absolute atomic E-state index is 11.9. The molecule has 3 rings (SSSR count). The average Bonchev–Trinajstić information content (AvgIpc) is 2.72. The number of nitrogens with one attached hydrogen (secondary N) is 1. The van der Waals surface area contributed by atoms with Crippen LogP contribution in [0.25, 0.3) is 17.0 Å². The van der Waals surface area contributed by atoms with Gasteiger partial charge in [-0.3, -0.25) is 5.10 Å². The summed E-state index contributed by atoms with van der Waals surface area (Å²) in [5, 5.41) is 8.38. The normalized spacial score (nSPS) is 14.9. The third-order valence-corrected chi connectivity index (χ3v) is 3.59. The molecule has 0 saturated carbocycles. The van der Waals surface area contributed by atoms with Gasteiger partial charge in [-0.2, -0.15) is 5.10 Å². The number of hydrogen-bond acceptors (Lipinski definition) is 3. The predicted molar refractivity (Wildman–Crippen MR) is 86.6 cm³/mol. The lowest BCUT2D eigenvalue weighted by Crippen LogP contribution is -2.46. The summed E-state index contributed by atoms with van der Waals surface area (Å²) < 4.78 is 5.35. The number of carbonyl (C=O) groups excluding carboxylic acids is 1. The Morgan fingerprint density at radius 2 is 2.09 bits per heavy atom. The van der Waals surface area contributed by atoms with Crippen LogP contribution in [0.4, 0.5) is 4.79 Å². The summed E-state index contributed by atoms with van der Waals surface area (Å²) in [6, 6.07) is 6.23. The summed E-state index contributed by atoms with van der Waals surface area (Å²) in [7, 11) is 0. The van der Waals surface area contributed by atoms with E-state index < -0.39 is 5.60 Å². The summed E-state index contributed by atoms with van der Waals surface area (Å²) in [5.41, 5.74) is 3.95. The molecule has 2 heterocycles. The summed E-state index contributed by atoms with van der Waals surface area (Å²) in [4.78, 5) is 13.6. The van der Waals surface area contributed by atoms with Crippen molar-refractivity contribution < 1.29 is 9.53 Å². The first kappa shape index (κ1) is 14.6. The molecule has 5 heteroatoms. The van der Waals surface area contributed by atoms with Crippen LogP contribution in [0.2, 0.25) is 0 Å². The number of hydrogen-bond donors (Lipinski definition) is 1. The maximum atomic E-state index is 11.9. The maximum Gasteiger partial charge on any atom is 0.410 e. The number of nitrogens with zero attached hydrogens (tertiary/aromatic N) is 2. The number of benzene rings is 1. The van der Waals surface area contributed by atoms with E-state index in [0.717, 1.165) is 22.2 Å². The van der Waals surface area contributed by atoms with Crippen molar-refractivity contribution in [3.63, 3.8) is 0 Å². The molecule has 1 fully saturated rings. The second kappa shape index (κ2) is 5.16. The first-order valence-corrected chi connectivity index (χ1v) is 7.44. The van der Waals surface area contributed by atoms with Gasteiger partial charge >= 0.3 is 6.09 Å². The Labute approximate surface area is 129 Å². The van der Waals surface area contributed by atoms with Crippen molar-refractivity contribution >= 4 is 23.1 Å². The van der Waals surface area contributed by atoms with Crippen LogP contribution in [0.3, 0.4) is 0 Å². The van der Waals surface area contributed by atoms with E-state index in [4.69, 9.17) is 4.74 Å². The van der Waals surface area contributed by atoms with Gasteiger partial charge < -0.3 is 9.64 Å². The van der Waals surface area contributed by atoms with E-state index >= 15 is 0 Å². The monoisotopic (exact) mass is 299 g/mol. The SMILES string of the molecule is Cc1n[nH]c2cc(C=C3CN(C(=O)OC(C)(C)C)C3)ccc12. The van der Waals surface area contributed by atoms with E-state index in [1.807, 2.05) is 27.7 Å². The van der Waals surface area contributed by atoms with Crippen LogP contribution in [0.5, 0.6) is 0 Å². The van der Waals surface area contributed by atoms with Gasteiger partial charge in [0.2, 0.25) is 0 Å². The smallest absolute Gasteiger partial charge is 0.410 e. The Morgan fingerprint density at radius 1 is 1.36 bits per heavy atom. The molecule has 1 amide bonds. The third kappa shape index (κ3) is 2.98. The van der Waals surface area contributed by atoms with Crippen LogP contribution < -0.4 is 0 Å². The number of aromatic amines is 1. The molecule has 116 valence electrons. The third-order valence-electron chi connectivity index (χ3n) is 3.59. The highest BCUT2D eigenvalue weighted by Gasteiger charge is 2.29. The number of H-pyrrole nitrogens is 1. The summed E-state index contributed by atoms with van der Waals surface area (Å²) in [5.74, 6) is 0. The number of carbonyl (C=O) groups is 1. The van der Waals surface area contributed by atoms with Gasteiger partial charge in [-0.15, -0.1) is 0 Å². The number of aromatic nitrogens is 2. The Balaban J connectivity index is 1.66. The second-order valence-corrected chi connectivity index (χ2v) is 6.75. The molecule has 1 aliphatic rings. The molecule has 0 atom stereocenters. The second-order valence-electron chi connectivity index (χ2n) is 6.75. The van der Waals surface area contributed by atoms with Gasteiger partial charge in [0.15, 0.2) is 0 Å². The minimum Gasteiger partial charge on any atom is -0.444 e. The fourth-order valence-electron chi connectivity index (χ4n) is 2.49. The van der Waals surface area contributed by atoms with Gasteiger partial charge in [-0.1, -0.05) is 18.2 Å². The number of ether oxygens (including phenoxy) is 1. The van der Waals surface area contributed by atoms with Gasteiger partial charge in [0.25, 0.3) is 0 Å². The van der Waals surface area contributed by atoms with Crippen LogP contribution in [-0.4, -0.2) is 39.9 Å². The van der Waals surface area contributed by atoms with Crippen molar-refractivity contribution in [3.05, 3.63) is 35.0 Å². The first-order chi connectivity index (χ1) is 10.3. The summed E-state index contributed by atoms with van der Waals surface area (Å²) >= 11 is 0. The molecule has 0 radical (unpaired) electrons. The van der Waals surface area contributed by atoms with E-state index in [-0.39, 0.29) is 6.09 Å². The van der Waals surface area contributed by atoms with Crippen LogP contribution >= 0.6 is 0 Å². The highest BCUT2D eigenvalue weighted by atomic mass is 16.6. The number of fused-ring (bicyclic) bond motifs is 1. The number of rotatable bonds is 1. The molecule has 1 aliphatic heterocycles. The van der Waals surface area contributed by atoms with Crippen molar-refractivity contribution in [2.45, 2.75) is 33.3 Å². The zero-order chi connectivity index (χ0) is 15.9. The first-order valence-electron chi connectivity index (χ1n) is 7.44. The van der Waals surface area contributed by atoms with Crippen molar-refractivity contribution in [1.82, 2.24) is 15.1 Å². The molecular formula is C17H21N3O2. The van der Waals surface area contributed by atoms with Crippen molar-refractivity contribution in [2.75, 3.05) is 13.1 Å². The Kier molecular flexibility index (Phi) is 3.43. The van der Waals surface area contributed by atoms with Gasteiger partial charge in [0.1, 0.15) is 5.60 Å². The lowest BCUT2D eigenvalue weighted by atomic mass is 10.0. The van der Waals surface area contributed by atoms with E-state index in [1.54, 1.807) is 4.90 Å². The standard InChI is InChI=1S/C17H21N3O2/c1-11-14-6-5-12(8-15(14)19-18-11)7-13-9-20(10-13)16(21)22-17(2,3)4/h5-8H,9-10H2,1-4H3,(H,18,19). The fraction of sp³-hybridized carbons (Fsp3) is 0.412. The lowest BCUT2D eigenvalue weighted by Gasteiger charge is -2.35. The number of amides is 1. The zero-order valence-electron chi connectivity index (χ0n) is 13.4. The van der Waals surface area contributed by atoms with Gasteiger partial charge in [0.05, 0.1) is 11.2 Å². The van der Waals surface area contributed by atoms with Crippen LogP contribution in [-0.2, 0) is 4.74 Å². The van der Waals surface area contributed by atoms with Crippen molar-refractivity contribution in [3.8, 4) is 0 Å². The molecule has 22 heavy (non-hydrogen) atoms. The minimum absolute atomic E-state index is 0.246. The molecular weight excluding hydrogens is 278 g/mol. The molecule has 0 spiro atoms. The topological polar surface area (TPSA) is 58.2 Å². The minimum atomic E-state index is -0.444. The van der Waals surface area contributed by atoms with Crippen LogP contribution in [0.15, 0.2) is 23.8 Å². The zero-order valence-corrected chi connectivity index (χ0v) is 13.4. The predicted octanol–water partition coefficient (Wildman–Crippen LogP) is 3.51. The Hall–Kier alpha value is -2.30. The van der Waals surface area contributed by atoms with E-state index in [2.05, 4.69) is 34.5 Å². The average molecular weight is 299 g/mol. The van der Waals surface area contributed by atoms with Crippen molar-refractivity contribution in [2.24, 2.45) is 0 Å². The molecule has 1 saturated heterocycles. The number of likely N-dealkylation sites (tertiary alicyclic amines) is 1. The van der Waals surface area contributed by atoms with Gasteiger partial charge in [-0.05, 0) is 44.9 Å². The number of aryl methyl sites for hydroxylation is 1. The molecule has 2 aromatic rings. The van der Waals surface area contributed by atoms with Crippen molar-refractivity contribution in [1.29, 1.82) is 0 Å². The van der Waals surface area contributed by atoms with Gasteiger partial charge in [-0.25, -0.2) is 4.79 Å². The van der Waals surface area contributed by atoms with Crippen LogP contribution in [0.1, 0.15) is 32.0 Å². The Morgan fingerprint density at radius 3 is 2.77 bits per heavy atom. The van der Waals surface area contributed by atoms with E-state index in [9.17, 15) is 4.79 Å². The highest BCUT2D eigenvalue weighted by Crippen LogP contribution is 2.23. The lowest BCUT2D eigenvalue weighted by molar-refractivity contribution is 0.0216. The fourth-order valence-corrected chi connectivity index (χ4v) is 2.49. The summed E-state index contributed by atoms with van der Waals surface area (Å²) in [6.07, 6.45) is 1.88. The molecule has 1 aromatic heterocycles. The highest BCUT2D eigenvalue weighted by molar-refractivity contribution is 5.83. The van der Waals surface area contributed by atoms with Crippen LogP contribution in [0, 0.1) is 6.92 Å². The molecule has 1 aromatic carbocycles. The van der Waals surface area contributed by atoms with E-state index in [1.165, 1.54) is 5.57 Å². The van der Waals surface area contributed by atoms with E-state index in [0.29, 0.717) is 13.1 Å². The largest absolute Gasteiger partial charge is 0.444 e. The molecule has 0 unspecified atom stereocenters. The molecule has 0 bridgehead atoms. The molecule has 0 aliphatic carbocycles. The molecule has 5 nitrogen and oxygen atoms in total.